The van der Waals surface area contributed by atoms with Crippen LogP contribution in [-0.4, -0.2) is 25.6 Å². The van der Waals surface area contributed by atoms with Gasteiger partial charge in [0, 0.05) is 0 Å². The lowest BCUT2D eigenvalue weighted by Crippen LogP contribution is -2.33. The van der Waals surface area contributed by atoms with Gasteiger partial charge in [-0.2, -0.15) is 36.9 Å². The predicted molar refractivity (Wildman–Crippen MR) is 98.1 cm³/mol. The minimum atomic E-state index is -4.71. The fourth-order valence-corrected chi connectivity index (χ4v) is 2.61. The van der Waals surface area contributed by atoms with Gasteiger partial charge in [0.1, 0.15) is 18.2 Å². The molecule has 2 aromatic carbocycles. The van der Waals surface area contributed by atoms with Crippen molar-refractivity contribution in [1.82, 2.24) is 0 Å². The SMILES string of the molecule is CC1(COc2cc(C#N)ccc2C(F)(F)F)OCCO1.N#Cc1ccc(C(F)(F)F)c(F)c1. The highest BCUT2D eigenvalue weighted by molar-refractivity contribution is 5.44. The number of nitrogens with zero attached hydrogens (tertiary/aromatic N) is 2. The maximum atomic E-state index is 12.9. The number of benzene rings is 2. The van der Waals surface area contributed by atoms with Crippen LogP contribution in [0.4, 0.5) is 30.7 Å². The molecule has 1 aliphatic rings. The molecule has 0 saturated carbocycles. The van der Waals surface area contributed by atoms with E-state index >= 15 is 0 Å². The number of nitriles is 2. The van der Waals surface area contributed by atoms with E-state index in [1.54, 1.807) is 13.0 Å². The molecule has 2 aromatic rings. The Balaban J connectivity index is 0.000000257. The van der Waals surface area contributed by atoms with Crippen LogP contribution in [0.5, 0.6) is 5.75 Å². The molecule has 12 heteroatoms. The van der Waals surface area contributed by atoms with Crippen LogP contribution in [0.2, 0.25) is 0 Å². The summed E-state index contributed by atoms with van der Waals surface area (Å²) in [6.07, 6.45) is -9.26. The Bertz CT molecular complexity index is 1060. The molecule has 0 atom stereocenters. The summed E-state index contributed by atoms with van der Waals surface area (Å²) in [6, 6.07) is 8.32. The molecule has 1 fully saturated rings. The first-order valence-electron chi connectivity index (χ1n) is 9.08. The number of alkyl halides is 6. The van der Waals surface area contributed by atoms with Crippen LogP contribution in [0.3, 0.4) is 0 Å². The molecule has 0 aliphatic carbocycles. The number of hydrogen-bond donors (Lipinski definition) is 0. The molecule has 0 spiro atoms. The summed E-state index contributed by atoms with van der Waals surface area (Å²) in [4.78, 5) is 0. The van der Waals surface area contributed by atoms with E-state index in [0.717, 1.165) is 24.3 Å². The summed E-state index contributed by atoms with van der Waals surface area (Å²) in [6.45, 7) is 2.13. The normalized spacial score (nSPS) is 15.1. The van der Waals surface area contributed by atoms with Crippen LogP contribution < -0.4 is 4.74 Å². The van der Waals surface area contributed by atoms with E-state index in [4.69, 9.17) is 24.7 Å². The Labute approximate surface area is 183 Å². The summed E-state index contributed by atoms with van der Waals surface area (Å²) in [7, 11) is 0. The average Bonchev–Trinajstić information content (AvgIpc) is 3.17. The molecule has 0 aromatic heterocycles. The van der Waals surface area contributed by atoms with Crippen molar-refractivity contribution in [2.45, 2.75) is 25.1 Å². The molecule has 3 rings (SSSR count). The van der Waals surface area contributed by atoms with Crippen LogP contribution in [0.25, 0.3) is 0 Å². The topological polar surface area (TPSA) is 75.3 Å². The first-order chi connectivity index (χ1) is 15.3. The highest BCUT2D eigenvalue weighted by Gasteiger charge is 2.37. The van der Waals surface area contributed by atoms with Gasteiger partial charge < -0.3 is 14.2 Å². The van der Waals surface area contributed by atoms with Crippen LogP contribution in [0.1, 0.15) is 29.2 Å². The van der Waals surface area contributed by atoms with Crippen LogP contribution >= 0.6 is 0 Å². The Morgan fingerprint density at radius 3 is 1.82 bits per heavy atom. The molecule has 1 heterocycles. The lowest BCUT2D eigenvalue weighted by molar-refractivity contribution is -0.165. The summed E-state index contributed by atoms with van der Waals surface area (Å²) in [5, 5.41) is 17.0. The molecule has 33 heavy (non-hydrogen) atoms. The molecule has 176 valence electrons. The highest BCUT2D eigenvalue weighted by atomic mass is 19.4. The second-order valence-electron chi connectivity index (χ2n) is 6.74. The number of ether oxygens (including phenoxy) is 3. The zero-order chi connectivity index (χ0) is 24.9. The summed E-state index contributed by atoms with van der Waals surface area (Å²) in [5.41, 5.74) is -2.33. The average molecular weight is 476 g/mol. The van der Waals surface area contributed by atoms with Crippen molar-refractivity contribution in [2.75, 3.05) is 19.8 Å². The zero-order valence-corrected chi connectivity index (χ0v) is 16.9. The smallest absolute Gasteiger partial charge is 0.419 e. The van der Waals surface area contributed by atoms with E-state index in [2.05, 4.69) is 0 Å². The Morgan fingerprint density at radius 1 is 0.879 bits per heavy atom. The van der Waals surface area contributed by atoms with Gasteiger partial charge in [-0.25, -0.2) is 4.39 Å². The van der Waals surface area contributed by atoms with Crippen molar-refractivity contribution in [1.29, 1.82) is 10.5 Å². The maximum Gasteiger partial charge on any atom is 0.419 e. The standard InChI is InChI=1S/C13H12F3NO3.C8H3F4N/c1-12(19-4-5-20-12)8-18-11-6-9(7-17)2-3-10(11)13(14,15)16;9-7-3-5(4-13)1-2-6(7)8(10,11)12/h2-3,6H,4-5,8H2,1H3;1-3H. The van der Waals surface area contributed by atoms with Crippen LogP contribution in [-0.2, 0) is 21.8 Å². The van der Waals surface area contributed by atoms with E-state index in [1.165, 1.54) is 6.07 Å². The third-order valence-electron chi connectivity index (χ3n) is 4.21. The van der Waals surface area contributed by atoms with E-state index in [1.807, 2.05) is 0 Å². The van der Waals surface area contributed by atoms with Gasteiger partial charge in [0.25, 0.3) is 0 Å². The van der Waals surface area contributed by atoms with E-state index in [9.17, 15) is 30.7 Å². The summed E-state index contributed by atoms with van der Waals surface area (Å²) >= 11 is 0. The maximum absolute atomic E-state index is 12.9. The molecule has 0 N–H and O–H groups in total. The molecular formula is C21H15F7N2O3. The largest absolute Gasteiger partial charge is 0.487 e. The van der Waals surface area contributed by atoms with Gasteiger partial charge >= 0.3 is 12.4 Å². The van der Waals surface area contributed by atoms with Crippen molar-refractivity contribution in [3.05, 3.63) is 64.5 Å². The van der Waals surface area contributed by atoms with Gasteiger partial charge in [0.05, 0.1) is 47.6 Å². The van der Waals surface area contributed by atoms with Crippen molar-refractivity contribution >= 4 is 0 Å². The molecular weight excluding hydrogens is 461 g/mol. The van der Waals surface area contributed by atoms with Crippen molar-refractivity contribution < 1.29 is 44.9 Å². The van der Waals surface area contributed by atoms with Crippen molar-refractivity contribution in [3.63, 3.8) is 0 Å². The van der Waals surface area contributed by atoms with Gasteiger partial charge in [-0.1, -0.05) is 0 Å². The first-order valence-corrected chi connectivity index (χ1v) is 9.08. The van der Waals surface area contributed by atoms with E-state index < -0.39 is 40.8 Å². The van der Waals surface area contributed by atoms with Crippen molar-refractivity contribution in [2.24, 2.45) is 0 Å². The number of hydrogen-bond acceptors (Lipinski definition) is 5. The second kappa shape index (κ2) is 10.1. The van der Waals surface area contributed by atoms with Gasteiger partial charge in [-0.3, -0.25) is 0 Å². The van der Waals surface area contributed by atoms with Crippen LogP contribution in [0.15, 0.2) is 36.4 Å². The summed E-state index contributed by atoms with van der Waals surface area (Å²) in [5.74, 6) is -2.89. The molecule has 1 saturated heterocycles. The van der Waals surface area contributed by atoms with Gasteiger partial charge in [0.2, 0.25) is 0 Å². The molecule has 1 aliphatic heterocycles. The lowest BCUT2D eigenvalue weighted by atomic mass is 10.1. The quantitative estimate of drug-likeness (QED) is 0.552. The lowest BCUT2D eigenvalue weighted by Gasteiger charge is -2.23. The first kappa shape index (κ1) is 25.9. The van der Waals surface area contributed by atoms with Gasteiger partial charge in [0.15, 0.2) is 5.79 Å². The van der Waals surface area contributed by atoms with Gasteiger partial charge in [-0.05, 0) is 43.3 Å². The number of rotatable bonds is 3. The summed E-state index contributed by atoms with van der Waals surface area (Å²) < 4.78 is 103. The molecule has 0 bridgehead atoms. The van der Waals surface area contributed by atoms with Crippen molar-refractivity contribution in [3.8, 4) is 17.9 Å². The third-order valence-corrected chi connectivity index (χ3v) is 4.21. The molecule has 0 unspecified atom stereocenters. The van der Waals surface area contributed by atoms with E-state index in [0.29, 0.717) is 25.3 Å². The Morgan fingerprint density at radius 2 is 1.36 bits per heavy atom. The van der Waals surface area contributed by atoms with E-state index in [-0.39, 0.29) is 17.7 Å². The predicted octanol–water partition coefficient (Wildman–Crippen LogP) is 5.44. The second-order valence-corrected chi connectivity index (χ2v) is 6.74. The minimum Gasteiger partial charge on any atom is -0.487 e. The van der Waals surface area contributed by atoms with Crippen LogP contribution in [0, 0.1) is 28.5 Å². The minimum absolute atomic E-state index is 0.0893. The monoisotopic (exact) mass is 476 g/mol. The molecule has 0 radical (unpaired) electrons. The Kier molecular flexibility index (Phi) is 7.90. The fraction of sp³-hybridized carbons (Fsp3) is 0.333. The Hall–Kier alpha value is -3.35. The van der Waals surface area contributed by atoms with Gasteiger partial charge in [-0.15, -0.1) is 0 Å². The fourth-order valence-electron chi connectivity index (χ4n) is 2.61. The molecule has 5 nitrogen and oxygen atoms in total. The zero-order valence-electron chi connectivity index (χ0n) is 16.9. The highest BCUT2D eigenvalue weighted by Crippen LogP contribution is 2.37. The third kappa shape index (κ3) is 7.07. The number of halogens is 7. The molecule has 0 amide bonds.